The van der Waals surface area contributed by atoms with E-state index in [1.165, 1.54) is 35.1 Å². The maximum absolute atomic E-state index is 4.20. The van der Waals surface area contributed by atoms with Crippen molar-refractivity contribution in [2.75, 3.05) is 6.54 Å². The van der Waals surface area contributed by atoms with Crippen LogP contribution in [-0.4, -0.2) is 6.54 Å². The topological polar surface area (TPSA) is 12.0 Å². The number of aryl methyl sites for hydroxylation is 1. The molecule has 0 aromatic heterocycles. The van der Waals surface area contributed by atoms with Crippen LogP contribution in [-0.2, 0) is 0 Å². The van der Waals surface area contributed by atoms with Gasteiger partial charge in [0.2, 0.25) is 0 Å². The zero-order valence-corrected chi connectivity index (χ0v) is 15.9. The molecule has 128 valence electrons. The van der Waals surface area contributed by atoms with Gasteiger partial charge in [-0.15, -0.1) is 0 Å². The van der Waals surface area contributed by atoms with Crippen molar-refractivity contribution in [3.63, 3.8) is 0 Å². The Balaban J connectivity index is 1.99. The third kappa shape index (κ3) is 4.74. The highest BCUT2D eigenvalue weighted by atomic mass is 14.9. The van der Waals surface area contributed by atoms with Crippen molar-refractivity contribution in [1.29, 1.82) is 0 Å². The van der Waals surface area contributed by atoms with Gasteiger partial charge in [0.15, 0.2) is 0 Å². The molecule has 1 aromatic carbocycles. The molecule has 0 unspecified atom stereocenters. The van der Waals surface area contributed by atoms with E-state index >= 15 is 0 Å². The Bertz CT molecular complexity index is 712. The van der Waals surface area contributed by atoms with E-state index in [2.05, 4.69) is 76.5 Å². The van der Waals surface area contributed by atoms with E-state index in [1.54, 1.807) is 0 Å². The molecule has 1 N–H and O–H groups in total. The summed E-state index contributed by atoms with van der Waals surface area (Å²) in [5.41, 5.74) is 8.86. The second-order valence-electron chi connectivity index (χ2n) is 7.62. The molecule has 24 heavy (non-hydrogen) atoms. The van der Waals surface area contributed by atoms with Gasteiger partial charge in [-0.1, -0.05) is 55.0 Å². The van der Waals surface area contributed by atoms with Gasteiger partial charge in [-0.25, -0.2) is 0 Å². The zero-order valence-electron chi connectivity index (χ0n) is 15.9. The third-order valence-electron chi connectivity index (χ3n) is 5.07. The summed E-state index contributed by atoms with van der Waals surface area (Å²) in [6, 6.07) is 6.48. The summed E-state index contributed by atoms with van der Waals surface area (Å²) in [5.74, 6) is 0. The van der Waals surface area contributed by atoms with Crippen LogP contribution in [0.3, 0.4) is 0 Å². The largest absolute Gasteiger partial charge is 0.381 e. The van der Waals surface area contributed by atoms with E-state index in [0.29, 0.717) is 5.41 Å². The average Bonchev–Trinajstić information content (AvgIpc) is 3.28. The fraction of sp³-hybridized carbons (Fsp3) is 0.391. The summed E-state index contributed by atoms with van der Waals surface area (Å²) in [6.07, 6.45) is 7.17. The molecule has 1 fully saturated rings. The second-order valence-corrected chi connectivity index (χ2v) is 7.62. The van der Waals surface area contributed by atoms with Crippen LogP contribution < -0.4 is 5.32 Å². The predicted molar refractivity (Wildman–Crippen MR) is 108 cm³/mol. The number of hydrogen-bond acceptors (Lipinski definition) is 1. The van der Waals surface area contributed by atoms with E-state index in [0.717, 1.165) is 23.4 Å². The molecule has 1 nitrogen and oxygen atoms in total. The van der Waals surface area contributed by atoms with E-state index in [9.17, 15) is 0 Å². The lowest BCUT2D eigenvalue weighted by Gasteiger charge is -2.13. The highest BCUT2D eigenvalue weighted by Crippen LogP contribution is 2.51. The van der Waals surface area contributed by atoms with Crippen LogP contribution in [0.4, 0.5) is 0 Å². The summed E-state index contributed by atoms with van der Waals surface area (Å²) in [4.78, 5) is 0. The van der Waals surface area contributed by atoms with Gasteiger partial charge in [0.25, 0.3) is 0 Å². The lowest BCUT2D eigenvalue weighted by atomic mass is 9.99. The van der Waals surface area contributed by atoms with Crippen molar-refractivity contribution in [1.82, 2.24) is 5.32 Å². The SMILES string of the molecule is C=C(C)c1cc(C)cc(C(=C)NC/C(C)=C/C=C(\C)C2(C)CC2)c1. The third-order valence-corrected chi connectivity index (χ3v) is 5.07. The minimum atomic E-state index is 0.467. The molecular formula is C23H31N. The van der Waals surface area contributed by atoms with Gasteiger partial charge in [-0.3, -0.25) is 0 Å². The Morgan fingerprint density at radius 3 is 2.29 bits per heavy atom. The quantitative estimate of drug-likeness (QED) is 0.583. The molecular weight excluding hydrogens is 290 g/mol. The fourth-order valence-electron chi connectivity index (χ4n) is 2.66. The van der Waals surface area contributed by atoms with Crippen LogP contribution in [0.1, 0.15) is 57.2 Å². The number of rotatable bonds is 7. The van der Waals surface area contributed by atoms with Crippen LogP contribution >= 0.6 is 0 Å². The standard InChI is InChI=1S/C23H31N/c1-16(2)21-12-18(4)13-22(14-21)20(6)24-15-17(3)8-9-19(5)23(7)10-11-23/h8-9,12-14,24H,1,6,10-11,15H2,2-5,7H3/b17-8+,19-9+. The molecule has 1 saturated carbocycles. The lowest BCUT2D eigenvalue weighted by Crippen LogP contribution is -2.14. The fourth-order valence-corrected chi connectivity index (χ4v) is 2.66. The smallest absolute Gasteiger partial charge is 0.0360 e. The van der Waals surface area contributed by atoms with Crippen LogP contribution in [0.5, 0.6) is 0 Å². The van der Waals surface area contributed by atoms with Gasteiger partial charge in [0.1, 0.15) is 0 Å². The van der Waals surface area contributed by atoms with Crippen molar-refractivity contribution in [3.05, 3.63) is 71.3 Å². The van der Waals surface area contributed by atoms with Crippen LogP contribution in [0.25, 0.3) is 11.3 Å². The van der Waals surface area contributed by atoms with Gasteiger partial charge in [0, 0.05) is 12.2 Å². The zero-order chi connectivity index (χ0) is 17.9. The van der Waals surface area contributed by atoms with Gasteiger partial charge >= 0.3 is 0 Å². The Labute approximate surface area is 147 Å². The Hall–Kier alpha value is -2.02. The minimum absolute atomic E-state index is 0.467. The molecule has 0 heterocycles. The number of hydrogen-bond donors (Lipinski definition) is 1. The Kier molecular flexibility index (Phi) is 5.54. The summed E-state index contributed by atoms with van der Waals surface area (Å²) in [5, 5.41) is 3.45. The van der Waals surface area contributed by atoms with E-state index in [-0.39, 0.29) is 0 Å². The lowest BCUT2D eigenvalue weighted by molar-refractivity contribution is 0.689. The van der Waals surface area contributed by atoms with Crippen molar-refractivity contribution >= 4 is 11.3 Å². The first-order valence-corrected chi connectivity index (χ1v) is 8.76. The van der Waals surface area contributed by atoms with Crippen LogP contribution in [0, 0.1) is 12.3 Å². The van der Waals surface area contributed by atoms with E-state index in [4.69, 9.17) is 0 Å². The molecule has 1 heteroatoms. The van der Waals surface area contributed by atoms with Crippen molar-refractivity contribution < 1.29 is 0 Å². The summed E-state index contributed by atoms with van der Waals surface area (Å²) in [7, 11) is 0. The highest BCUT2D eigenvalue weighted by Gasteiger charge is 2.38. The monoisotopic (exact) mass is 321 g/mol. The number of allylic oxidation sites excluding steroid dienone is 4. The molecule has 1 aliphatic rings. The van der Waals surface area contributed by atoms with E-state index in [1.807, 2.05) is 6.92 Å². The van der Waals surface area contributed by atoms with Gasteiger partial charge < -0.3 is 5.32 Å². The van der Waals surface area contributed by atoms with E-state index < -0.39 is 0 Å². The van der Waals surface area contributed by atoms with Crippen molar-refractivity contribution in [3.8, 4) is 0 Å². The molecule has 0 aliphatic heterocycles. The minimum Gasteiger partial charge on any atom is -0.381 e. The molecule has 0 saturated heterocycles. The first-order valence-electron chi connectivity index (χ1n) is 8.76. The van der Waals surface area contributed by atoms with Gasteiger partial charge in [-0.2, -0.15) is 0 Å². The Morgan fingerprint density at radius 1 is 1.08 bits per heavy atom. The van der Waals surface area contributed by atoms with Gasteiger partial charge in [0.05, 0.1) is 0 Å². The molecule has 0 atom stereocenters. The number of nitrogens with one attached hydrogen (secondary N) is 1. The van der Waals surface area contributed by atoms with Crippen molar-refractivity contribution in [2.24, 2.45) is 5.41 Å². The molecule has 0 radical (unpaired) electrons. The molecule has 0 amide bonds. The summed E-state index contributed by atoms with van der Waals surface area (Å²) < 4.78 is 0. The maximum Gasteiger partial charge on any atom is 0.0360 e. The van der Waals surface area contributed by atoms with Crippen LogP contribution in [0.15, 0.2) is 54.7 Å². The molecule has 0 spiro atoms. The first-order chi connectivity index (χ1) is 11.2. The second kappa shape index (κ2) is 7.25. The summed E-state index contributed by atoms with van der Waals surface area (Å²) in [6.45, 7) is 20.0. The molecule has 1 aromatic rings. The normalized spacial score (nSPS) is 16.7. The van der Waals surface area contributed by atoms with Gasteiger partial charge in [-0.05, 0) is 74.8 Å². The predicted octanol–water partition coefficient (Wildman–Crippen LogP) is 6.28. The van der Waals surface area contributed by atoms with Crippen LogP contribution in [0.2, 0.25) is 0 Å². The molecule has 0 bridgehead atoms. The molecule has 1 aliphatic carbocycles. The maximum atomic E-state index is 4.20. The van der Waals surface area contributed by atoms with Crippen molar-refractivity contribution in [2.45, 2.75) is 47.5 Å². The summed E-state index contributed by atoms with van der Waals surface area (Å²) >= 11 is 0. The highest BCUT2D eigenvalue weighted by molar-refractivity contribution is 5.70. The molecule has 2 rings (SSSR count). The Morgan fingerprint density at radius 2 is 1.71 bits per heavy atom. The number of benzene rings is 1. The first kappa shape index (κ1) is 18.3. The average molecular weight is 322 g/mol.